The fourth-order valence-corrected chi connectivity index (χ4v) is 4.05. The van der Waals surface area contributed by atoms with Gasteiger partial charge in [-0.15, -0.1) is 0 Å². The van der Waals surface area contributed by atoms with E-state index >= 15 is 0 Å². The van der Waals surface area contributed by atoms with Gasteiger partial charge in [-0.05, 0) is 75.6 Å². The van der Waals surface area contributed by atoms with Crippen LogP contribution in [0, 0.1) is 12.7 Å². The first-order valence-corrected chi connectivity index (χ1v) is 10.4. The van der Waals surface area contributed by atoms with Crippen molar-refractivity contribution in [2.75, 3.05) is 5.32 Å². The second-order valence-corrected chi connectivity index (χ2v) is 8.76. The van der Waals surface area contributed by atoms with E-state index in [4.69, 9.17) is 0 Å². The number of halogens is 1. The Morgan fingerprint density at radius 1 is 1.10 bits per heavy atom. The number of benzene rings is 1. The van der Waals surface area contributed by atoms with Crippen LogP contribution in [0.1, 0.15) is 50.1 Å². The fourth-order valence-electron chi connectivity index (χ4n) is 4.05. The minimum Gasteiger partial charge on any atom is -0.386 e. The van der Waals surface area contributed by atoms with Crippen LogP contribution < -0.4 is 5.32 Å². The van der Waals surface area contributed by atoms with Crippen molar-refractivity contribution in [2.24, 2.45) is 0 Å². The lowest BCUT2D eigenvalue weighted by atomic mass is 9.65. The second-order valence-electron chi connectivity index (χ2n) is 8.76. The van der Waals surface area contributed by atoms with Crippen molar-refractivity contribution < 1.29 is 14.3 Å². The Hall–Kier alpha value is -3.12. The van der Waals surface area contributed by atoms with Crippen molar-refractivity contribution >= 4 is 11.6 Å². The van der Waals surface area contributed by atoms with Crippen molar-refractivity contribution in [1.82, 2.24) is 9.97 Å². The van der Waals surface area contributed by atoms with Crippen LogP contribution in [0.4, 0.5) is 10.1 Å². The van der Waals surface area contributed by atoms with Gasteiger partial charge < -0.3 is 10.4 Å². The lowest BCUT2D eigenvalue weighted by Crippen LogP contribution is -2.46. The standard InChI is InChI=1S/C25H26FN3O2/c1-16-13-21(24(2,3)31)20(15-27-16)17-5-10-22(28-14-17)25(11-4-12-25)23(30)29-19-8-6-18(26)7-9-19/h5-10,13-15,31H,4,11-12H2,1-3H3,(H,29,30). The number of anilines is 1. The van der Waals surface area contributed by atoms with Crippen molar-refractivity contribution in [3.05, 3.63) is 77.6 Å². The van der Waals surface area contributed by atoms with Gasteiger partial charge in [-0.3, -0.25) is 14.8 Å². The molecule has 1 saturated carbocycles. The Morgan fingerprint density at radius 3 is 2.35 bits per heavy atom. The van der Waals surface area contributed by atoms with Gasteiger partial charge in [-0.2, -0.15) is 0 Å². The van der Waals surface area contributed by atoms with Crippen LogP contribution in [0.3, 0.4) is 0 Å². The Labute approximate surface area is 181 Å². The zero-order valence-electron chi connectivity index (χ0n) is 17.9. The van der Waals surface area contributed by atoms with Crippen LogP contribution in [0.5, 0.6) is 0 Å². The molecule has 160 valence electrons. The first-order chi connectivity index (χ1) is 14.7. The number of rotatable bonds is 5. The van der Waals surface area contributed by atoms with Gasteiger partial charge in [0.15, 0.2) is 0 Å². The van der Waals surface area contributed by atoms with Crippen LogP contribution in [0.15, 0.2) is 54.9 Å². The molecule has 1 aliphatic carbocycles. The first-order valence-electron chi connectivity index (χ1n) is 10.4. The molecular formula is C25H26FN3O2. The smallest absolute Gasteiger partial charge is 0.236 e. The minimum atomic E-state index is -1.02. The molecule has 5 nitrogen and oxygen atoms in total. The van der Waals surface area contributed by atoms with Gasteiger partial charge in [0.05, 0.1) is 16.7 Å². The van der Waals surface area contributed by atoms with Gasteiger partial charge in [0.2, 0.25) is 5.91 Å². The number of hydrogen-bond acceptors (Lipinski definition) is 4. The average Bonchev–Trinajstić information content (AvgIpc) is 2.69. The van der Waals surface area contributed by atoms with Gasteiger partial charge >= 0.3 is 0 Å². The number of aryl methyl sites for hydroxylation is 1. The van der Waals surface area contributed by atoms with E-state index in [1.165, 1.54) is 12.1 Å². The van der Waals surface area contributed by atoms with Crippen molar-refractivity contribution in [3.63, 3.8) is 0 Å². The second kappa shape index (κ2) is 7.85. The highest BCUT2D eigenvalue weighted by molar-refractivity contribution is 5.99. The summed E-state index contributed by atoms with van der Waals surface area (Å²) >= 11 is 0. The van der Waals surface area contributed by atoms with Crippen molar-refractivity contribution in [2.45, 2.75) is 51.0 Å². The average molecular weight is 420 g/mol. The molecule has 6 heteroatoms. The van der Waals surface area contributed by atoms with Gasteiger partial charge in [-0.25, -0.2) is 4.39 Å². The van der Waals surface area contributed by atoms with Crippen LogP contribution in [-0.2, 0) is 15.8 Å². The highest BCUT2D eigenvalue weighted by Crippen LogP contribution is 2.44. The van der Waals surface area contributed by atoms with Gasteiger partial charge in [0, 0.05) is 34.9 Å². The van der Waals surface area contributed by atoms with Crippen molar-refractivity contribution in [3.8, 4) is 11.1 Å². The summed E-state index contributed by atoms with van der Waals surface area (Å²) < 4.78 is 13.2. The third-order valence-electron chi connectivity index (χ3n) is 6.01. The number of carbonyl (C=O) groups is 1. The lowest BCUT2D eigenvalue weighted by Gasteiger charge is -2.39. The Balaban J connectivity index is 1.63. The summed E-state index contributed by atoms with van der Waals surface area (Å²) in [5.41, 5.74) is 2.83. The van der Waals surface area contributed by atoms with Gasteiger partial charge in [0.1, 0.15) is 5.82 Å². The fraction of sp³-hybridized carbons (Fsp3) is 0.320. The number of amides is 1. The predicted molar refractivity (Wildman–Crippen MR) is 118 cm³/mol. The molecule has 4 rings (SSSR count). The molecule has 1 aromatic carbocycles. The number of nitrogens with zero attached hydrogens (tertiary/aromatic N) is 2. The maximum Gasteiger partial charge on any atom is 0.236 e. The normalized spacial score (nSPS) is 15.3. The molecule has 0 unspecified atom stereocenters. The third-order valence-corrected chi connectivity index (χ3v) is 6.01. The monoisotopic (exact) mass is 419 g/mol. The molecule has 0 aliphatic heterocycles. The Kier molecular flexibility index (Phi) is 5.35. The van der Waals surface area contributed by atoms with E-state index < -0.39 is 11.0 Å². The summed E-state index contributed by atoms with van der Waals surface area (Å²) in [5, 5.41) is 13.5. The van der Waals surface area contributed by atoms with E-state index in [-0.39, 0.29) is 11.7 Å². The topological polar surface area (TPSA) is 75.1 Å². The van der Waals surface area contributed by atoms with E-state index in [0.717, 1.165) is 28.8 Å². The Bertz CT molecular complexity index is 1100. The molecule has 0 atom stereocenters. The zero-order chi connectivity index (χ0) is 22.2. The summed E-state index contributed by atoms with van der Waals surface area (Å²) in [6.45, 7) is 5.38. The van der Waals surface area contributed by atoms with Gasteiger partial charge in [0.25, 0.3) is 0 Å². The highest BCUT2D eigenvalue weighted by Gasteiger charge is 2.47. The molecule has 0 spiro atoms. The SMILES string of the molecule is Cc1cc(C(C)(C)O)c(-c2ccc(C3(C(=O)Nc4ccc(F)cc4)CCC3)nc2)cn1. The van der Waals surface area contributed by atoms with Crippen LogP contribution in [-0.4, -0.2) is 21.0 Å². The summed E-state index contributed by atoms with van der Waals surface area (Å²) in [6, 6.07) is 11.4. The predicted octanol–water partition coefficient (Wildman–Crippen LogP) is 4.88. The molecule has 2 N–H and O–H groups in total. The molecular weight excluding hydrogens is 393 g/mol. The summed E-state index contributed by atoms with van der Waals surface area (Å²) in [5.74, 6) is -0.468. The van der Waals surface area contributed by atoms with E-state index in [9.17, 15) is 14.3 Å². The highest BCUT2D eigenvalue weighted by atomic mass is 19.1. The molecule has 31 heavy (non-hydrogen) atoms. The quantitative estimate of drug-likeness (QED) is 0.618. The lowest BCUT2D eigenvalue weighted by molar-refractivity contribution is -0.124. The van der Waals surface area contributed by atoms with Crippen LogP contribution in [0.2, 0.25) is 0 Å². The number of aromatic nitrogens is 2. The zero-order valence-corrected chi connectivity index (χ0v) is 17.9. The molecule has 2 aromatic heterocycles. The van der Waals surface area contributed by atoms with Crippen molar-refractivity contribution in [1.29, 1.82) is 0 Å². The minimum absolute atomic E-state index is 0.125. The van der Waals surface area contributed by atoms with Gasteiger partial charge in [-0.1, -0.05) is 12.5 Å². The summed E-state index contributed by atoms with van der Waals surface area (Å²) in [6.07, 6.45) is 5.87. The molecule has 0 bridgehead atoms. The summed E-state index contributed by atoms with van der Waals surface area (Å²) in [7, 11) is 0. The van der Waals surface area contributed by atoms with Crippen LogP contribution >= 0.6 is 0 Å². The van der Waals surface area contributed by atoms with E-state index in [1.54, 1.807) is 38.4 Å². The number of aliphatic hydroxyl groups is 1. The molecule has 3 aromatic rings. The molecule has 2 heterocycles. The van der Waals surface area contributed by atoms with Crippen LogP contribution in [0.25, 0.3) is 11.1 Å². The van der Waals surface area contributed by atoms with E-state index in [0.29, 0.717) is 24.2 Å². The third kappa shape index (κ3) is 4.08. The number of nitrogens with one attached hydrogen (secondary N) is 1. The maximum absolute atomic E-state index is 13.2. The molecule has 1 aliphatic rings. The number of hydrogen-bond donors (Lipinski definition) is 2. The largest absolute Gasteiger partial charge is 0.386 e. The number of carbonyl (C=O) groups excluding carboxylic acids is 1. The first kappa shape index (κ1) is 21.1. The summed E-state index contributed by atoms with van der Waals surface area (Å²) in [4.78, 5) is 22.1. The molecule has 0 saturated heterocycles. The molecule has 1 fully saturated rings. The van der Waals surface area contributed by atoms with E-state index in [1.807, 2.05) is 25.1 Å². The maximum atomic E-state index is 13.2. The number of pyridine rings is 2. The van der Waals surface area contributed by atoms with E-state index in [2.05, 4.69) is 15.3 Å². The Morgan fingerprint density at radius 2 is 1.81 bits per heavy atom. The molecule has 0 radical (unpaired) electrons. The molecule has 1 amide bonds.